The van der Waals surface area contributed by atoms with E-state index < -0.39 is 0 Å². The number of hydrogen-bond acceptors (Lipinski definition) is 3. The number of nitrogens with one attached hydrogen (secondary N) is 1. The van der Waals surface area contributed by atoms with Gasteiger partial charge in [0.15, 0.2) is 0 Å². The zero-order valence-corrected chi connectivity index (χ0v) is 10.1. The topological polar surface area (TPSA) is 24.9 Å². The molecule has 3 heteroatoms. The third-order valence-electron chi connectivity index (χ3n) is 2.54. The van der Waals surface area contributed by atoms with Crippen LogP contribution in [0.3, 0.4) is 0 Å². The van der Waals surface area contributed by atoms with Gasteiger partial charge in [0.25, 0.3) is 0 Å². The SMILES string of the molecule is CCCNC(CC)C(C)c1nccs1. The minimum atomic E-state index is 0.534. The highest BCUT2D eigenvalue weighted by Crippen LogP contribution is 2.22. The summed E-state index contributed by atoms with van der Waals surface area (Å²) in [5.41, 5.74) is 0. The smallest absolute Gasteiger partial charge is 0.0968 e. The van der Waals surface area contributed by atoms with Crippen molar-refractivity contribution in [2.24, 2.45) is 0 Å². The Kier molecular flexibility index (Phi) is 5.12. The minimum Gasteiger partial charge on any atom is -0.313 e. The van der Waals surface area contributed by atoms with Crippen LogP contribution in [0.25, 0.3) is 0 Å². The van der Waals surface area contributed by atoms with Crippen LogP contribution in [0, 0.1) is 0 Å². The van der Waals surface area contributed by atoms with Crippen molar-refractivity contribution in [3.8, 4) is 0 Å². The van der Waals surface area contributed by atoms with Gasteiger partial charge < -0.3 is 5.32 Å². The summed E-state index contributed by atoms with van der Waals surface area (Å²) < 4.78 is 0. The Balaban J connectivity index is 2.51. The van der Waals surface area contributed by atoms with Crippen molar-refractivity contribution in [3.05, 3.63) is 16.6 Å². The van der Waals surface area contributed by atoms with E-state index in [-0.39, 0.29) is 0 Å². The van der Waals surface area contributed by atoms with Crippen molar-refractivity contribution in [1.29, 1.82) is 0 Å². The average Bonchev–Trinajstić information content (AvgIpc) is 2.71. The third kappa shape index (κ3) is 3.07. The maximum Gasteiger partial charge on any atom is 0.0968 e. The van der Waals surface area contributed by atoms with Crippen LogP contribution >= 0.6 is 11.3 Å². The van der Waals surface area contributed by atoms with Crippen molar-refractivity contribution in [2.75, 3.05) is 6.54 Å². The molecule has 0 aromatic carbocycles. The van der Waals surface area contributed by atoms with E-state index in [2.05, 4.69) is 36.5 Å². The number of hydrogen-bond donors (Lipinski definition) is 1. The first-order valence-electron chi connectivity index (χ1n) is 5.42. The Hall–Kier alpha value is -0.410. The zero-order valence-electron chi connectivity index (χ0n) is 9.29. The molecule has 0 aliphatic rings. The fraction of sp³-hybridized carbons (Fsp3) is 0.727. The number of nitrogens with zero attached hydrogens (tertiary/aromatic N) is 1. The molecule has 2 nitrogen and oxygen atoms in total. The van der Waals surface area contributed by atoms with E-state index in [0.717, 1.165) is 6.54 Å². The minimum absolute atomic E-state index is 0.534. The maximum absolute atomic E-state index is 4.37. The van der Waals surface area contributed by atoms with Gasteiger partial charge >= 0.3 is 0 Å². The highest BCUT2D eigenvalue weighted by Gasteiger charge is 2.18. The quantitative estimate of drug-likeness (QED) is 0.784. The molecule has 0 aliphatic heterocycles. The number of aromatic nitrogens is 1. The maximum atomic E-state index is 4.37. The van der Waals surface area contributed by atoms with Crippen LogP contribution in [-0.4, -0.2) is 17.6 Å². The lowest BCUT2D eigenvalue weighted by atomic mass is 10.0. The largest absolute Gasteiger partial charge is 0.313 e. The summed E-state index contributed by atoms with van der Waals surface area (Å²) in [6.07, 6.45) is 4.25. The van der Waals surface area contributed by atoms with Crippen molar-refractivity contribution >= 4 is 11.3 Å². The summed E-state index contributed by atoms with van der Waals surface area (Å²) in [5.74, 6) is 0.534. The summed E-state index contributed by atoms with van der Waals surface area (Å²) in [7, 11) is 0. The van der Waals surface area contributed by atoms with Gasteiger partial charge in [0.05, 0.1) is 5.01 Å². The van der Waals surface area contributed by atoms with Crippen LogP contribution in [0.4, 0.5) is 0 Å². The highest BCUT2D eigenvalue weighted by molar-refractivity contribution is 7.09. The molecule has 1 aromatic rings. The van der Waals surface area contributed by atoms with Crippen molar-refractivity contribution in [2.45, 2.75) is 45.6 Å². The Morgan fingerprint density at radius 2 is 2.29 bits per heavy atom. The van der Waals surface area contributed by atoms with Crippen LogP contribution in [-0.2, 0) is 0 Å². The summed E-state index contributed by atoms with van der Waals surface area (Å²) in [4.78, 5) is 4.37. The second kappa shape index (κ2) is 6.14. The molecule has 1 N–H and O–H groups in total. The van der Waals surface area contributed by atoms with E-state index in [9.17, 15) is 0 Å². The van der Waals surface area contributed by atoms with Crippen molar-refractivity contribution in [3.63, 3.8) is 0 Å². The van der Waals surface area contributed by atoms with Gasteiger partial charge in [0.1, 0.15) is 0 Å². The van der Waals surface area contributed by atoms with Gasteiger partial charge in [-0.2, -0.15) is 0 Å². The molecule has 80 valence electrons. The molecule has 0 saturated carbocycles. The molecular formula is C11H20N2S. The molecule has 2 unspecified atom stereocenters. The predicted octanol–water partition coefficient (Wildman–Crippen LogP) is 3.02. The normalized spacial score (nSPS) is 15.4. The monoisotopic (exact) mass is 212 g/mol. The second-order valence-corrected chi connectivity index (χ2v) is 4.55. The number of thiazole rings is 1. The molecule has 1 aromatic heterocycles. The van der Waals surface area contributed by atoms with E-state index >= 15 is 0 Å². The Bertz CT molecular complexity index is 233. The Morgan fingerprint density at radius 1 is 1.50 bits per heavy atom. The van der Waals surface area contributed by atoms with Gasteiger partial charge in [-0.3, -0.25) is 0 Å². The van der Waals surface area contributed by atoms with E-state index in [1.807, 2.05) is 6.20 Å². The second-order valence-electron chi connectivity index (χ2n) is 3.63. The van der Waals surface area contributed by atoms with Crippen molar-refractivity contribution in [1.82, 2.24) is 10.3 Å². The summed E-state index contributed by atoms with van der Waals surface area (Å²) in [6, 6.07) is 0.570. The standard InChI is InChI=1S/C11H20N2S/c1-4-6-12-10(5-2)9(3)11-13-7-8-14-11/h7-10,12H,4-6H2,1-3H3. The van der Waals surface area contributed by atoms with Crippen LogP contribution in [0.2, 0.25) is 0 Å². The molecule has 0 fully saturated rings. The lowest BCUT2D eigenvalue weighted by Gasteiger charge is -2.22. The first kappa shape index (κ1) is 11.7. The summed E-state index contributed by atoms with van der Waals surface area (Å²) in [5, 5.41) is 6.88. The molecule has 0 spiro atoms. The van der Waals surface area contributed by atoms with Crippen LogP contribution in [0.5, 0.6) is 0 Å². The van der Waals surface area contributed by atoms with E-state index in [1.165, 1.54) is 17.8 Å². The lowest BCUT2D eigenvalue weighted by Crippen LogP contribution is -2.33. The highest BCUT2D eigenvalue weighted by atomic mass is 32.1. The molecule has 0 aliphatic carbocycles. The molecule has 1 rings (SSSR count). The van der Waals surface area contributed by atoms with E-state index in [0.29, 0.717) is 12.0 Å². The van der Waals surface area contributed by atoms with Gasteiger partial charge in [-0.1, -0.05) is 20.8 Å². The van der Waals surface area contributed by atoms with E-state index in [4.69, 9.17) is 0 Å². The van der Waals surface area contributed by atoms with Gasteiger partial charge in [-0.25, -0.2) is 4.98 Å². The molecule has 0 radical (unpaired) electrons. The van der Waals surface area contributed by atoms with E-state index in [1.54, 1.807) is 11.3 Å². The van der Waals surface area contributed by atoms with Gasteiger partial charge in [0, 0.05) is 23.5 Å². The Labute approximate surface area is 90.8 Å². The average molecular weight is 212 g/mol. The third-order valence-corrected chi connectivity index (χ3v) is 3.52. The molecule has 0 saturated heterocycles. The number of rotatable bonds is 6. The summed E-state index contributed by atoms with van der Waals surface area (Å²) in [6.45, 7) is 7.80. The first-order valence-corrected chi connectivity index (χ1v) is 6.30. The molecule has 0 amide bonds. The lowest BCUT2D eigenvalue weighted by molar-refractivity contribution is 0.437. The van der Waals surface area contributed by atoms with Gasteiger partial charge in [0.2, 0.25) is 0 Å². The predicted molar refractivity (Wildman–Crippen MR) is 62.9 cm³/mol. The van der Waals surface area contributed by atoms with Crippen LogP contribution in [0.1, 0.15) is 44.5 Å². The fourth-order valence-electron chi connectivity index (χ4n) is 1.64. The molecular weight excluding hydrogens is 192 g/mol. The van der Waals surface area contributed by atoms with Crippen LogP contribution < -0.4 is 5.32 Å². The fourth-order valence-corrected chi connectivity index (χ4v) is 2.40. The molecule has 14 heavy (non-hydrogen) atoms. The first-order chi connectivity index (χ1) is 6.79. The summed E-state index contributed by atoms with van der Waals surface area (Å²) >= 11 is 1.76. The van der Waals surface area contributed by atoms with Crippen LogP contribution in [0.15, 0.2) is 11.6 Å². The zero-order chi connectivity index (χ0) is 10.4. The van der Waals surface area contributed by atoms with Crippen molar-refractivity contribution < 1.29 is 0 Å². The van der Waals surface area contributed by atoms with Gasteiger partial charge in [-0.15, -0.1) is 11.3 Å². The molecule has 1 heterocycles. The Morgan fingerprint density at radius 3 is 2.79 bits per heavy atom. The molecule has 2 atom stereocenters. The molecule has 0 bridgehead atoms. The van der Waals surface area contributed by atoms with Gasteiger partial charge in [-0.05, 0) is 19.4 Å².